The molecule has 1 aromatic heterocycles. The third-order valence-corrected chi connectivity index (χ3v) is 1.77. The van der Waals surface area contributed by atoms with Gasteiger partial charge in [-0.1, -0.05) is 23.2 Å². The van der Waals surface area contributed by atoms with Gasteiger partial charge in [0.1, 0.15) is 5.15 Å². The minimum atomic E-state index is -0.957. The summed E-state index contributed by atoms with van der Waals surface area (Å²) in [5.41, 5.74) is 0.427. The maximum atomic E-state index is 10.3. The molecule has 0 aromatic carbocycles. The van der Waals surface area contributed by atoms with E-state index in [9.17, 15) is 4.79 Å². The van der Waals surface area contributed by atoms with Crippen molar-refractivity contribution in [3.63, 3.8) is 0 Å². The Hall–Kier alpha value is -0.800. The molecule has 0 amide bonds. The van der Waals surface area contributed by atoms with Crippen LogP contribution in [0.3, 0.4) is 0 Å². The first-order chi connectivity index (χ1) is 5.59. The van der Waals surface area contributed by atoms with Gasteiger partial charge in [-0.3, -0.25) is 4.79 Å². The molecule has 0 radical (unpaired) electrons. The predicted octanol–water partition coefficient (Wildman–Crippen LogP) is 2.02. The van der Waals surface area contributed by atoms with E-state index in [2.05, 4.69) is 4.98 Å². The van der Waals surface area contributed by atoms with Gasteiger partial charge in [0, 0.05) is 11.8 Å². The molecule has 0 aliphatic heterocycles. The molecule has 0 aliphatic rings. The summed E-state index contributed by atoms with van der Waals surface area (Å²) in [6.45, 7) is 0. The minimum absolute atomic E-state index is 0.160. The summed E-state index contributed by atoms with van der Waals surface area (Å²) >= 11 is 11.2. The van der Waals surface area contributed by atoms with Crippen LogP contribution < -0.4 is 0 Å². The standard InChI is InChI=1S/C7H5Cl2NO2/c8-5-1-4(2-6(11)12)7(9)10-3-5/h1,3H,2H2,(H,11,12). The van der Waals surface area contributed by atoms with Gasteiger partial charge in [0.05, 0.1) is 11.4 Å². The van der Waals surface area contributed by atoms with E-state index in [0.717, 1.165) is 0 Å². The molecule has 0 fully saturated rings. The average molecular weight is 206 g/mol. The van der Waals surface area contributed by atoms with Gasteiger partial charge >= 0.3 is 5.97 Å². The van der Waals surface area contributed by atoms with E-state index in [1.165, 1.54) is 12.3 Å². The molecule has 0 unspecified atom stereocenters. The highest BCUT2D eigenvalue weighted by atomic mass is 35.5. The SMILES string of the molecule is O=C(O)Cc1cc(Cl)cnc1Cl. The molecule has 3 nitrogen and oxygen atoms in total. The van der Waals surface area contributed by atoms with Gasteiger partial charge in [0.2, 0.25) is 0 Å². The molecule has 64 valence electrons. The lowest BCUT2D eigenvalue weighted by Gasteiger charge is -1.99. The normalized spacial score (nSPS) is 9.83. The van der Waals surface area contributed by atoms with E-state index >= 15 is 0 Å². The van der Waals surface area contributed by atoms with Crippen LogP contribution in [0.5, 0.6) is 0 Å². The number of carbonyl (C=O) groups is 1. The first kappa shape index (κ1) is 9.29. The number of nitrogens with zero attached hydrogens (tertiary/aromatic N) is 1. The van der Waals surface area contributed by atoms with Crippen LogP contribution in [-0.4, -0.2) is 16.1 Å². The van der Waals surface area contributed by atoms with E-state index in [4.69, 9.17) is 28.3 Å². The molecule has 12 heavy (non-hydrogen) atoms. The Labute approximate surface area is 78.9 Å². The third kappa shape index (κ3) is 2.36. The fraction of sp³-hybridized carbons (Fsp3) is 0.143. The van der Waals surface area contributed by atoms with Gasteiger partial charge in [-0.05, 0) is 6.07 Å². The molecule has 0 bridgehead atoms. The van der Waals surface area contributed by atoms with Crippen LogP contribution in [0.15, 0.2) is 12.3 Å². The van der Waals surface area contributed by atoms with Crippen LogP contribution in [0.25, 0.3) is 0 Å². The molecular weight excluding hydrogens is 201 g/mol. The van der Waals surface area contributed by atoms with Gasteiger partial charge < -0.3 is 5.11 Å². The third-order valence-electron chi connectivity index (χ3n) is 1.22. The van der Waals surface area contributed by atoms with E-state index in [-0.39, 0.29) is 11.6 Å². The molecule has 1 heterocycles. The van der Waals surface area contributed by atoms with Crippen LogP contribution in [0.4, 0.5) is 0 Å². The Morgan fingerprint density at radius 3 is 2.83 bits per heavy atom. The van der Waals surface area contributed by atoms with E-state index in [0.29, 0.717) is 10.6 Å². The highest BCUT2D eigenvalue weighted by Gasteiger charge is 2.06. The highest BCUT2D eigenvalue weighted by molar-refractivity contribution is 6.32. The Balaban J connectivity index is 2.97. The van der Waals surface area contributed by atoms with Crippen LogP contribution >= 0.6 is 23.2 Å². The van der Waals surface area contributed by atoms with Gasteiger partial charge in [-0.2, -0.15) is 0 Å². The predicted molar refractivity (Wildman–Crippen MR) is 45.6 cm³/mol. The zero-order valence-corrected chi connectivity index (χ0v) is 7.43. The number of halogens is 2. The van der Waals surface area contributed by atoms with Crippen molar-refractivity contribution >= 4 is 29.2 Å². The van der Waals surface area contributed by atoms with E-state index in [1.807, 2.05) is 0 Å². The Morgan fingerprint density at radius 2 is 2.25 bits per heavy atom. The van der Waals surface area contributed by atoms with Crippen molar-refractivity contribution in [1.29, 1.82) is 0 Å². The summed E-state index contributed by atoms with van der Waals surface area (Å²) in [5.74, 6) is -0.957. The van der Waals surface area contributed by atoms with Crippen LogP contribution in [0.1, 0.15) is 5.56 Å². The smallest absolute Gasteiger partial charge is 0.307 e. The molecule has 1 rings (SSSR count). The molecule has 0 aliphatic carbocycles. The van der Waals surface area contributed by atoms with Crippen LogP contribution in [-0.2, 0) is 11.2 Å². The lowest BCUT2D eigenvalue weighted by Crippen LogP contribution is -2.01. The quantitative estimate of drug-likeness (QED) is 0.753. The van der Waals surface area contributed by atoms with Gasteiger partial charge in [-0.15, -0.1) is 0 Å². The molecule has 1 N–H and O–H groups in total. The van der Waals surface area contributed by atoms with Crippen molar-refractivity contribution < 1.29 is 9.90 Å². The lowest BCUT2D eigenvalue weighted by molar-refractivity contribution is -0.136. The monoisotopic (exact) mass is 205 g/mol. The van der Waals surface area contributed by atoms with Crippen molar-refractivity contribution in [3.8, 4) is 0 Å². The number of hydrogen-bond acceptors (Lipinski definition) is 2. The zero-order valence-electron chi connectivity index (χ0n) is 5.92. The second-order valence-corrected chi connectivity index (χ2v) is 2.97. The highest BCUT2D eigenvalue weighted by Crippen LogP contribution is 2.17. The maximum absolute atomic E-state index is 10.3. The number of aliphatic carboxylic acids is 1. The van der Waals surface area contributed by atoms with E-state index < -0.39 is 5.97 Å². The fourth-order valence-corrected chi connectivity index (χ4v) is 1.10. The number of pyridine rings is 1. The average Bonchev–Trinajstić information content (AvgIpc) is 1.96. The zero-order chi connectivity index (χ0) is 9.14. The van der Waals surface area contributed by atoms with Crippen molar-refractivity contribution in [2.75, 3.05) is 0 Å². The lowest BCUT2D eigenvalue weighted by atomic mass is 10.2. The first-order valence-electron chi connectivity index (χ1n) is 3.11. The number of carboxylic acid groups (broad SMARTS) is 1. The summed E-state index contributed by atoms with van der Waals surface area (Å²) in [4.78, 5) is 14.0. The summed E-state index contributed by atoms with van der Waals surface area (Å²) in [5, 5.41) is 9.02. The van der Waals surface area contributed by atoms with Gasteiger partial charge in [0.15, 0.2) is 0 Å². The summed E-state index contributed by atoms with van der Waals surface area (Å²) < 4.78 is 0. The van der Waals surface area contributed by atoms with Crippen molar-refractivity contribution in [3.05, 3.63) is 28.0 Å². The second-order valence-electron chi connectivity index (χ2n) is 2.17. The maximum Gasteiger partial charge on any atom is 0.307 e. The first-order valence-corrected chi connectivity index (χ1v) is 3.87. The molecule has 0 atom stereocenters. The Bertz CT molecular complexity index is 314. The van der Waals surface area contributed by atoms with Crippen molar-refractivity contribution in [2.45, 2.75) is 6.42 Å². The largest absolute Gasteiger partial charge is 0.481 e. The van der Waals surface area contributed by atoms with E-state index in [1.54, 1.807) is 0 Å². The Kier molecular flexibility index (Phi) is 2.89. The number of aromatic nitrogens is 1. The molecule has 5 heteroatoms. The number of hydrogen-bond donors (Lipinski definition) is 1. The number of carboxylic acids is 1. The topological polar surface area (TPSA) is 50.2 Å². The fourth-order valence-electron chi connectivity index (χ4n) is 0.751. The van der Waals surface area contributed by atoms with Crippen molar-refractivity contribution in [1.82, 2.24) is 4.98 Å². The van der Waals surface area contributed by atoms with Crippen molar-refractivity contribution in [2.24, 2.45) is 0 Å². The summed E-state index contributed by atoms with van der Waals surface area (Å²) in [7, 11) is 0. The molecular formula is C7H5Cl2NO2. The van der Waals surface area contributed by atoms with Crippen LogP contribution in [0, 0.1) is 0 Å². The number of rotatable bonds is 2. The van der Waals surface area contributed by atoms with Gasteiger partial charge in [0.25, 0.3) is 0 Å². The van der Waals surface area contributed by atoms with Crippen LogP contribution in [0.2, 0.25) is 10.2 Å². The van der Waals surface area contributed by atoms with Gasteiger partial charge in [-0.25, -0.2) is 4.98 Å². The molecule has 0 saturated carbocycles. The summed E-state index contributed by atoms with van der Waals surface area (Å²) in [6.07, 6.45) is 1.21. The summed E-state index contributed by atoms with van der Waals surface area (Å²) in [6, 6.07) is 1.49. The minimum Gasteiger partial charge on any atom is -0.481 e. The second kappa shape index (κ2) is 3.74. The molecule has 1 aromatic rings. The molecule has 0 saturated heterocycles. The Morgan fingerprint density at radius 1 is 1.58 bits per heavy atom. The molecule has 0 spiro atoms.